The molecule has 0 saturated heterocycles. The molecule has 0 saturated carbocycles. The average Bonchev–Trinajstić information content (AvgIpc) is 3.35. The van der Waals surface area contributed by atoms with Crippen molar-refractivity contribution in [3.63, 3.8) is 0 Å². The Morgan fingerprint density at radius 3 is 2.63 bits per heavy atom. The van der Waals surface area contributed by atoms with Crippen LogP contribution < -0.4 is 0 Å². The molecule has 154 valence electrons. The third-order valence-electron chi connectivity index (χ3n) is 5.11. The molecule has 0 aliphatic carbocycles. The van der Waals surface area contributed by atoms with E-state index < -0.39 is 0 Å². The Labute approximate surface area is 184 Å². The Morgan fingerprint density at radius 1 is 1.17 bits per heavy atom. The minimum atomic E-state index is -0.0851. The van der Waals surface area contributed by atoms with Crippen LogP contribution in [0.3, 0.4) is 0 Å². The summed E-state index contributed by atoms with van der Waals surface area (Å²) in [7, 11) is 3.75. The number of hydrogen-bond acceptors (Lipinski definition) is 6. The fourth-order valence-electron chi connectivity index (χ4n) is 3.07. The van der Waals surface area contributed by atoms with Crippen LogP contribution in [0.25, 0.3) is 21.6 Å². The van der Waals surface area contributed by atoms with Crippen molar-refractivity contribution < 1.29 is 4.79 Å². The van der Waals surface area contributed by atoms with Crippen LogP contribution in [0.2, 0.25) is 0 Å². The van der Waals surface area contributed by atoms with Gasteiger partial charge in [0, 0.05) is 19.7 Å². The Bertz CT molecular complexity index is 1150. The Balaban J connectivity index is 1.42. The number of thiazole rings is 1. The van der Waals surface area contributed by atoms with E-state index in [0.717, 1.165) is 31.8 Å². The van der Waals surface area contributed by atoms with E-state index in [1.807, 2.05) is 55.9 Å². The molecule has 0 N–H and O–H groups in total. The average molecular weight is 438 g/mol. The molecule has 0 aliphatic rings. The van der Waals surface area contributed by atoms with E-state index in [1.54, 1.807) is 16.2 Å². The van der Waals surface area contributed by atoms with E-state index in [-0.39, 0.29) is 11.9 Å². The number of rotatable bonds is 6. The van der Waals surface area contributed by atoms with Crippen LogP contribution in [-0.2, 0) is 11.8 Å². The van der Waals surface area contributed by atoms with Crippen molar-refractivity contribution in [3.05, 3.63) is 59.1 Å². The van der Waals surface area contributed by atoms with Crippen molar-refractivity contribution >= 4 is 39.2 Å². The molecular formula is C22H23N5OS2. The van der Waals surface area contributed by atoms with E-state index in [2.05, 4.69) is 40.3 Å². The highest BCUT2D eigenvalue weighted by molar-refractivity contribution is 7.99. The van der Waals surface area contributed by atoms with Gasteiger partial charge in [0.2, 0.25) is 5.91 Å². The lowest BCUT2D eigenvalue weighted by Crippen LogP contribution is -2.31. The number of amides is 1. The van der Waals surface area contributed by atoms with E-state index in [0.29, 0.717) is 5.75 Å². The summed E-state index contributed by atoms with van der Waals surface area (Å²) in [6, 6.07) is 16.1. The zero-order valence-corrected chi connectivity index (χ0v) is 19.0. The molecule has 0 aliphatic heterocycles. The van der Waals surface area contributed by atoms with Crippen molar-refractivity contribution in [2.45, 2.75) is 25.0 Å². The second kappa shape index (κ2) is 8.57. The second-order valence-corrected chi connectivity index (χ2v) is 9.23. The number of hydrogen-bond donors (Lipinski definition) is 0. The van der Waals surface area contributed by atoms with Crippen LogP contribution >= 0.6 is 23.1 Å². The van der Waals surface area contributed by atoms with Gasteiger partial charge in [-0.1, -0.05) is 53.7 Å². The molecule has 6 nitrogen and oxygen atoms in total. The van der Waals surface area contributed by atoms with Crippen LogP contribution in [0, 0.1) is 6.92 Å². The minimum absolute atomic E-state index is 0.0339. The van der Waals surface area contributed by atoms with Gasteiger partial charge in [0.1, 0.15) is 5.01 Å². The highest BCUT2D eigenvalue weighted by Gasteiger charge is 2.22. The van der Waals surface area contributed by atoms with Gasteiger partial charge in [-0.25, -0.2) is 4.98 Å². The third-order valence-corrected chi connectivity index (χ3v) is 7.32. The molecule has 0 unspecified atom stereocenters. The molecule has 8 heteroatoms. The first kappa shape index (κ1) is 20.6. The number of nitrogens with zero attached hydrogens (tertiary/aromatic N) is 5. The molecule has 4 aromatic rings. The summed E-state index contributed by atoms with van der Waals surface area (Å²) in [4.78, 5) is 19.2. The molecule has 0 fully saturated rings. The van der Waals surface area contributed by atoms with Crippen LogP contribution in [0.1, 0.15) is 23.5 Å². The Morgan fingerprint density at radius 2 is 1.90 bits per heavy atom. The summed E-state index contributed by atoms with van der Waals surface area (Å²) in [5.41, 5.74) is 3.18. The molecule has 2 aromatic carbocycles. The largest absolute Gasteiger partial charge is 0.336 e. The van der Waals surface area contributed by atoms with Crippen LogP contribution in [0.4, 0.5) is 0 Å². The summed E-state index contributed by atoms with van der Waals surface area (Å²) in [5.74, 6) is 1.12. The molecule has 1 atom stereocenters. The smallest absolute Gasteiger partial charge is 0.233 e. The van der Waals surface area contributed by atoms with Crippen molar-refractivity contribution in [1.82, 2.24) is 24.6 Å². The number of para-hydroxylation sites is 1. The lowest BCUT2D eigenvalue weighted by Gasteiger charge is -2.23. The van der Waals surface area contributed by atoms with Crippen molar-refractivity contribution in [2.75, 3.05) is 12.8 Å². The molecule has 30 heavy (non-hydrogen) atoms. The maximum absolute atomic E-state index is 12.8. The number of fused-ring (bicyclic) bond motifs is 1. The number of aromatic nitrogens is 4. The van der Waals surface area contributed by atoms with Gasteiger partial charge in [0.05, 0.1) is 22.0 Å². The zero-order valence-electron chi connectivity index (χ0n) is 17.4. The van der Waals surface area contributed by atoms with Crippen molar-refractivity contribution in [1.29, 1.82) is 0 Å². The Kier molecular flexibility index (Phi) is 5.87. The first-order valence-corrected chi connectivity index (χ1v) is 11.4. The van der Waals surface area contributed by atoms with Gasteiger partial charge >= 0.3 is 0 Å². The molecule has 4 rings (SSSR count). The molecule has 2 heterocycles. The van der Waals surface area contributed by atoms with Crippen LogP contribution in [0.5, 0.6) is 0 Å². The van der Waals surface area contributed by atoms with Gasteiger partial charge in [0.25, 0.3) is 0 Å². The second-order valence-electron chi connectivity index (χ2n) is 7.22. The SMILES string of the molecule is Cc1ccc(-c2nnc(SCC(=O)N(C)[C@H](C)c3nc4ccccc4s3)n2C)cc1. The lowest BCUT2D eigenvalue weighted by molar-refractivity contribution is -0.128. The molecule has 0 spiro atoms. The molecule has 1 amide bonds. The van der Waals surface area contributed by atoms with E-state index in [9.17, 15) is 4.79 Å². The standard InChI is InChI=1S/C22H23N5OS2/c1-14-9-11-16(12-10-14)20-24-25-22(27(20)4)29-13-19(28)26(3)15(2)21-23-17-7-5-6-8-18(17)30-21/h5-12,15H,13H2,1-4H3/t15-/m1/s1. The number of thioether (sulfide) groups is 1. The van der Waals surface area contributed by atoms with Gasteiger partial charge in [-0.2, -0.15) is 0 Å². The summed E-state index contributed by atoms with van der Waals surface area (Å²) < 4.78 is 3.07. The summed E-state index contributed by atoms with van der Waals surface area (Å²) in [6.07, 6.45) is 0. The van der Waals surface area contributed by atoms with E-state index in [1.165, 1.54) is 17.3 Å². The number of carbonyl (C=O) groups is 1. The third kappa shape index (κ3) is 4.11. The highest BCUT2D eigenvalue weighted by Crippen LogP contribution is 2.29. The maximum atomic E-state index is 12.8. The first-order valence-electron chi connectivity index (χ1n) is 9.64. The summed E-state index contributed by atoms with van der Waals surface area (Å²) in [5, 5.41) is 10.2. The molecule has 0 radical (unpaired) electrons. The van der Waals surface area contributed by atoms with E-state index >= 15 is 0 Å². The van der Waals surface area contributed by atoms with Crippen molar-refractivity contribution in [2.24, 2.45) is 7.05 Å². The fraction of sp³-hybridized carbons (Fsp3) is 0.273. The maximum Gasteiger partial charge on any atom is 0.233 e. The monoisotopic (exact) mass is 437 g/mol. The van der Waals surface area contributed by atoms with Crippen LogP contribution in [0.15, 0.2) is 53.7 Å². The van der Waals surface area contributed by atoms with Gasteiger partial charge in [-0.15, -0.1) is 21.5 Å². The Hall–Kier alpha value is -2.71. The molecule has 0 bridgehead atoms. The highest BCUT2D eigenvalue weighted by atomic mass is 32.2. The van der Waals surface area contributed by atoms with Gasteiger partial charge < -0.3 is 9.47 Å². The normalized spacial score (nSPS) is 12.3. The van der Waals surface area contributed by atoms with Gasteiger partial charge in [-0.3, -0.25) is 4.79 Å². The predicted octanol–water partition coefficient (Wildman–Crippen LogP) is 4.71. The number of aryl methyl sites for hydroxylation is 1. The zero-order chi connectivity index (χ0) is 21.3. The minimum Gasteiger partial charge on any atom is -0.336 e. The molecular weight excluding hydrogens is 414 g/mol. The lowest BCUT2D eigenvalue weighted by atomic mass is 10.1. The number of carbonyl (C=O) groups excluding carboxylic acids is 1. The first-order chi connectivity index (χ1) is 14.4. The summed E-state index contributed by atoms with van der Waals surface area (Å²) >= 11 is 3.03. The predicted molar refractivity (Wildman–Crippen MR) is 123 cm³/mol. The van der Waals surface area contributed by atoms with Gasteiger partial charge in [0.15, 0.2) is 11.0 Å². The number of benzene rings is 2. The van der Waals surface area contributed by atoms with Gasteiger partial charge in [-0.05, 0) is 26.0 Å². The van der Waals surface area contributed by atoms with Crippen LogP contribution in [-0.4, -0.2) is 43.4 Å². The van der Waals surface area contributed by atoms with Crippen molar-refractivity contribution in [3.8, 4) is 11.4 Å². The topological polar surface area (TPSA) is 63.9 Å². The van der Waals surface area contributed by atoms with E-state index in [4.69, 9.17) is 0 Å². The fourth-order valence-corrected chi connectivity index (χ4v) is 4.97. The molecule has 2 aromatic heterocycles. The summed E-state index contributed by atoms with van der Waals surface area (Å²) in [6.45, 7) is 4.07. The quantitative estimate of drug-likeness (QED) is 0.409.